The van der Waals surface area contributed by atoms with Crippen molar-refractivity contribution in [1.29, 1.82) is 0 Å². The number of rotatable bonds is 14. The molecular weight excluding hydrogens is 839 g/mol. The van der Waals surface area contributed by atoms with Crippen molar-refractivity contribution >= 4 is 39.7 Å². The topological polar surface area (TPSA) is 127 Å². The number of aromatic nitrogens is 5. The monoisotopic (exact) mass is 878 g/mol. The molecule has 0 spiro atoms. The maximum atomic E-state index is 12.3. The number of carbonyl (C=O) groups is 1. The molecule has 0 fully saturated rings. The van der Waals surface area contributed by atoms with E-state index in [2.05, 4.69) is 148 Å². The predicted molar refractivity (Wildman–Crippen MR) is 251 cm³/mol. The molecule has 0 amide bonds. The standard InChI is InChI=1S/C52H39N5O5S2/c58-45-25-26-46(59)57(45)61-47(60)14-8-3-9-29-56-30-27-40(28-31-56)49-48(44-32-41(33-63-44)38-17-15-36(16-18-38)34-10-4-1-5-11-34)51-52(55-62-54-51)50(53-49)43-24-23-42(64-43)39-21-19-37(20-22-39)35-12-6-2-7-13-35/h1-2,4-7,10-13,15-28,30-33,54H,3,8-9,14,29H2/p+1. The van der Waals surface area contributed by atoms with E-state index in [0.717, 1.165) is 73.1 Å². The van der Waals surface area contributed by atoms with Crippen molar-refractivity contribution < 1.29 is 29.0 Å². The molecule has 12 heteroatoms. The molecule has 0 saturated heterocycles. The lowest BCUT2D eigenvalue weighted by atomic mass is 9.99. The van der Waals surface area contributed by atoms with Crippen LogP contribution in [0.3, 0.4) is 0 Å². The third-order valence-corrected chi connectivity index (χ3v) is 13.2. The zero-order valence-electron chi connectivity index (χ0n) is 34.4. The van der Waals surface area contributed by atoms with Crippen molar-refractivity contribution in [2.75, 3.05) is 0 Å². The van der Waals surface area contributed by atoms with E-state index in [1.807, 2.05) is 24.5 Å². The van der Waals surface area contributed by atoms with Crippen LogP contribution in [0, 0.1) is 0 Å². The first kappa shape index (κ1) is 40.4. The van der Waals surface area contributed by atoms with E-state index < -0.39 is 5.97 Å². The maximum absolute atomic E-state index is 12.3. The van der Waals surface area contributed by atoms with E-state index in [4.69, 9.17) is 14.5 Å². The molecule has 6 aromatic heterocycles. The van der Waals surface area contributed by atoms with Gasteiger partial charge >= 0.3 is 5.97 Å². The fourth-order valence-electron chi connectivity index (χ4n) is 7.78. The van der Waals surface area contributed by atoms with Gasteiger partial charge in [-0.05, 0) is 85.7 Å². The van der Waals surface area contributed by atoms with Gasteiger partial charge < -0.3 is 15.1 Å². The van der Waals surface area contributed by atoms with Gasteiger partial charge in [-0.1, -0.05) is 109 Å². The van der Waals surface area contributed by atoms with Gasteiger partial charge in [0.25, 0.3) is 0 Å². The quantitative estimate of drug-likeness (QED) is 0.0816. The van der Waals surface area contributed by atoms with E-state index >= 15 is 0 Å². The van der Waals surface area contributed by atoms with Gasteiger partial charge in [-0.2, -0.15) is 0 Å². The SMILES string of the molecule is O=C(CCCCC[n+]1ccc(-c2nc(-c3ccc(-c4ccc(-c5ccccc5)cc4)s3)c3nonc3c2-c2cc(-c3ccc(-c4ccccc4)cc3)cs2)cc1)On1c(O)ccc1O. The molecule has 0 aliphatic carbocycles. The molecule has 10 aromatic rings. The molecule has 0 bridgehead atoms. The molecule has 2 N–H and O–H groups in total. The number of thiophene rings is 2. The Bertz CT molecular complexity index is 3170. The zero-order chi connectivity index (χ0) is 43.4. The first-order chi connectivity index (χ1) is 31.4. The van der Waals surface area contributed by atoms with E-state index in [9.17, 15) is 15.0 Å². The molecule has 64 heavy (non-hydrogen) atoms. The highest BCUT2D eigenvalue weighted by Crippen LogP contribution is 2.45. The molecule has 6 heterocycles. The Morgan fingerprint density at radius 2 is 1.16 bits per heavy atom. The summed E-state index contributed by atoms with van der Waals surface area (Å²) in [6.07, 6.45) is 6.48. The molecular formula is C52H40N5O5S2+. The first-order valence-electron chi connectivity index (χ1n) is 20.9. The maximum Gasteiger partial charge on any atom is 0.333 e. The van der Waals surface area contributed by atoms with Gasteiger partial charge in [0.05, 0.1) is 10.6 Å². The summed E-state index contributed by atoms with van der Waals surface area (Å²) in [4.78, 5) is 25.9. The van der Waals surface area contributed by atoms with E-state index in [0.29, 0.717) is 27.9 Å². The largest absolute Gasteiger partial charge is 0.492 e. The average Bonchev–Trinajstić information content (AvgIpc) is 4.19. The number of aryl methyl sites for hydroxylation is 1. The summed E-state index contributed by atoms with van der Waals surface area (Å²) in [5.74, 6) is -1.21. The number of aromatic hydroxyl groups is 2. The number of pyridine rings is 2. The van der Waals surface area contributed by atoms with E-state index in [-0.39, 0.29) is 18.2 Å². The number of hydrogen-bond donors (Lipinski definition) is 2. The Balaban J connectivity index is 0.937. The van der Waals surface area contributed by atoms with E-state index in [1.54, 1.807) is 22.7 Å². The second-order valence-corrected chi connectivity index (χ2v) is 17.3. The minimum absolute atomic E-state index is 0.159. The van der Waals surface area contributed by atoms with Crippen LogP contribution < -0.4 is 9.40 Å². The first-order valence-corrected chi connectivity index (χ1v) is 22.6. The fraction of sp³-hybridized carbons (Fsp3) is 0.0962. The predicted octanol–water partition coefficient (Wildman–Crippen LogP) is 12.1. The van der Waals surface area contributed by atoms with Gasteiger partial charge in [-0.15, -0.1) is 27.4 Å². The highest BCUT2D eigenvalue weighted by molar-refractivity contribution is 7.18. The average molecular weight is 879 g/mol. The van der Waals surface area contributed by atoms with Crippen molar-refractivity contribution in [2.24, 2.45) is 0 Å². The number of benzene rings is 4. The van der Waals surface area contributed by atoms with Crippen LogP contribution >= 0.6 is 22.7 Å². The molecule has 10 nitrogen and oxygen atoms in total. The van der Waals surface area contributed by atoms with Crippen LogP contribution in [-0.2, 0) is 11.3 Å². The number of hydrogen-bond acceptors (Lipinski definition) is 10. The van der Waals surface area contributed by atoms with Gasteiger partial charge in [-0.25, -0.2) is 19.0 Å². The summed E-state index contributed by atoms with van der Waals surface area (Å²) in [6.45, 7) is 0.744. The second kappa shape index (κ2) is 18.0. The van der Waals surface area contributed by atoms with Crippen LogP contribution in [0.25, 0.3) is 87.1 Å². The minimum atomic E-state index is -0.532. The lowest BCUT2D eigenvalue weighted by Gasteiger charge is -2.10. The molecule has 0 aliphatic heterocycles. The molecule has 0 unspecified atom stereocenters. The Kier molecular flexibility index (Phi) is 11.3. The van der Waals surface area contributed by atoms with Gasteiger partial charge in [0.15, 0.2) is 17.9 Å². The van der Waals surface area contributed by atoms with Crippen LogP contribution in [0.2, 0.25) is 0 Å². The number of unbranched alkanes of at least 4 members (excludes halogenated alkanes) is 2. The zero-order valence-corrected chi connectivity index (χ0v) is 36.0. The fourth-order valence-corrected chi connectivity index (χ4v) is 9.75. The lowest BCUT2D eigenvalue weighted by Crippen LogP contribution is -2.32. The molecule has 0 radical (unpaired) electrons. The molecule has 4 aromatic carbocycles. The summed E-state index contributed by atoms with van der Waals surface area (Å²) in [5, 5.41) is 30.7. The van der Waals surface area contributed by atoms with Crippen LogP contribution in [0.4, 0.5) is 0 Å². The number of nitrogens with zero attached hydrogens (tertiary/aromatic N) is 5. The van der Waals surface area contributed by atoms with Crippen LogP contribution in [0.1, 0.15) is 25.7 Å². The van der Waals surface area contributed by atoms with Crippen LogP contribution in [0.5, 0.6) is 11.8 Å². The third kappa shape index (κ3) is 8.44. The summed E-state index contributed by atoms with van der Waals surface area (Å²) in [6, 6.07) is 51.1. The number of carbonyl (C=O) groups excluding carboxylic acids is 1. The third-order valence-electron chi connectivity index (χ3n) is 11.1. The highest BCUT2D eigenvalue weighted by Gasteiger charge is 2.25. The smallest absolute Gasteiger partial charge is 0.333 e. The van der Waals surface area contributed by atoms with E-state index in [1.165, 1.54) is 28.8 Å². The van der Waals surface area contributed by atoms with Gasteiger partial charge in [-0.3, -0.25) is 0 Å². The highest BCUT2D eigenvalue weighted by atomic mass is 32.1. The Hall–Kier alpha value is -7.67. The van der Waals surface area contributed by atoms with Crippen molar-refractivity contribution in [3.63, 3.8) is 0 Å². The molecule has 0 atom stereocenters. The summed E-state index contributed by atoms with van der Waals surface area (Å²) >= 11 is 3.30. The van der Waals surface area contributed by atoms with Crippen molar-refractivity contribution in [3.8, 4) is 87.9 Å². The summed E-state index contributed by atoms with van der Waals surface area (Å²) in [7, 11) is 0. The second-order valence-electron chi connectivity index (χ2n) is 15.3. The van der Waals surface area contributed by atoms with Crippen molar-refractivity contribution in [2.45, 2.75) is 32.2 Å². The number of fused-ring (bicyclic) bond motifs is 1. The molecule has 10 rings (SSSR count). The molecule has 0 saturated carbocycles. The van der Waals surface area contributed by atoms with Crippen LogP contribution in [-0.4, -0.2) is 36.2 Å². The van der Waals surface area contributed by atoms with Crippen molar-refractivity contribution in [3.05, 3.63) is 169 Å². The normalized spacial score (nSPS) is 11.3. The van der Waals surface area contributed by atoms with Crippen molar-refractivity contribution in [1.82, 2.24) is 20.0 Å². The Labute approximate surface area is 376 Å². The van der Waals surface area contributed by atoms with Gasteiger partial charge in [0.1, 0.15) is 17.8 Å². The summed E-state index contributed by atoms with van der Waals surface area (Å²) in [5.41, 5.74) is 12.5. The Morgan fingerprint density at radius 1 is 0.578 bits per heavy atom. The van der Waals surface area contributed by atoms with Gasteiger partial charge in [0, 0.05) is 58.0 Å². The lowest BCUT2D eigenvalue weighted by molar-refractivity contribution is -0.697. The Morgan fingerprint density at radius 3 is 1.81 bits per heavy atom. The summed E-state index contributed by atoms with van der Waals surface area (Å²) < 4.78 is 8.35. The minimum Gasteiger partial charge on any atom is -0.492 e. The molecule has 0 aliphatic rings. The van der Waals surface area contributed by atoms with Gasteiger partial charge in [0.2, 0.25) is 11.8 Å². The molecule has 314 valence electrons. The van der Waals surface area contributed by atoms with Crippen LogP contribution in [0.15, 0.2) is 174 Å².